The zero-order valence-electron chi connectivity index (χ0n) is 14.4. The SMILES string of the molecule is O=C(O)c1cn(-c2ccccc2)c2cc(N3CCSCC3)c(F)cc2c1=O. The van der Waals surface area contributed by atoms with Crippen LogP contribution in [-0.2, 0) is 0 Å². The molecule has 3 aromatic rings. The minimum absolute atomic E-state index is 0.0615. The van der Waals surface area contributed by atoms with Crippen LogP contribution < -0.4 is 10.3 Å². The molecule has 27 heavy (non-hydrogen) atoms. The zero-order chi connectivity index (χ0) is 19.0. The van der Waals surface area contributed by atoms with Crippen molar-refractivity contribution in [1.82, 2.24) is 4.57 Å². The van der Waals surface area contributed by atoms with Crippen molar-refractivity contribution >= 4 is 34.3 Å². The van der Waals surface area contributed by atoms with Crippen molar-refractivity contribution in [1.29, 1.82) is 0 Å². The van der Waals surface area contributed by atoms with Gasteiger partial charge in [0.1, 0.15) is 11.4 Å². The summed E-state index contributed by atoms with van der Waals surface area (Å²) >= 11 is 1.83. The fourth-order valence-electron chi connectivity index (χ4n) is 3.34. The van der Waals surface area contributed by atoms with Crippen molar-refractivity contribution in [2.75, 3.05) is 29.5 Å². The highest BCUT2D eigenvalue weighted by atomic mass is 32.2. The van der Waals surface area contributed by atoms with Gasteiger partial charge in [-0.2, -0.15) is 11.8 Å². The molecule has 0 saturated carbocycles. The minimum Gasteiger partial charge on any atom is -0.477 e. The van der Waals surface area contributed by atoms with Gasteiger partial charge in [-0.15, -0.1) is 0 Å². The number of nitrogens with zero attached hydrogens (tertiary/aromatic N) is 2. The molecule has 1 aromatic heterocycles. The Morgan fingerprint density at radius 3 is 2.48 bits per heavy atom. The van der Waals surface area contributed by atoms with E-state index >= 15 is 0 Å². The number of benzene rings is 2. The Kier molecular flexibility index (Phi) is 4.61. The van der Waals surface area contributed by atoms with E-state index in [4.69, 9.17) is 0 Å². The second kappa shape index (κ2) is 7.08. The van der Waals surface area contributed by atoms with E-state index in [9.17, 15) is 19.1 Å². The first kappa shape index (κ1) is 17.6. The van der Waals surface area contributed by atoms with Crippen LogP contribution >= 0.6 is 11.8 Å². The van der Waals surface area contributed by atoms with Crippen molar-refractivity contribution in [3.63, 3.8) is 0 Å². The van der Waals surface area contributed by atoms with Crippen LogP contribution in [0.15, 0.2) is 53.5 Å². The number of carboxylic acid groups (broad SMARTS) is 1. The second-order valence-electron chi connectivity index (χ2n) is 6.30. The van der Waals surface area contributed by atoms with E-state index < -0.39 is 17.2 Å². The number of carboxylic acids is 1. The number of aromatic carboxylic acids is 1. The molecule has 2 heterocycles. The number of halogens is 1. The maximum absolute atomic E-state index is 14.8. The summed E-state index contributed by atoms with van der Waals surface area (Å²) in [6.07, 6.45) is 1.32. The lowest BCUT2D eigenvalue weighted by atomic mass is 10.1. The predicted octanol–water partition coefficient (Wildman–Crippen LogP) is 3.38. The van der Waals surface area contributed by atoms with E-state index in [1.807, 2.05) is 47.0 Å². The number of para-hydroxylation sites is 1. The highest BCUT2D eigenvalue weighted by Crippen LogP contribution is 2.28. The Labute approximate surface area is 159 Å². The number of rotatable bonds is 3. The molecule has 0 spiro atoms. The molecule has 0 radical (unpaired) electrons. The number of pyridine rings is 1. The summed E-state index contributed by atoms with van der Waals surface area (Å²) in [5.74, 6) is -0.000238. The van der Waals surface area contributed by atoms with E-state index in [0.717, 1.165) is 24.6 Å². The number of thioether (sulfide) groups is 1. The summed E-state index contributed by atoms with van der Waals surface area (Å²) in [7, 11) is 0. The molecule has 0 unspecified atom stereocenters. The molecule has 0 atom stereocenters. The van der Waals surface area contributed by atoms with Gasteiger partial charge in [0.25, 0.3) is 0 Å². The topological polar surface area (TPSA) is 62.5 Å². The van der Waals surface area contributed by atoms with Crippen molar-refractivity contribution < 1.29 is 14.3 Å². The fourth-order valence-corrected chi connectivity index (χ4v) is 4.24. The summed E-state index contributed by atoms with van der Waals surface area (Å²) in [5, 5.41) is 9.47. The monoisotopic (exact) mass is 384 g/mol. The largest absolute Gasteiger partial charge is 0.477 e. The van der Waals surface area contributed by atoms with Gasteiger partial charge in [0.2, 0.25) is 5.43 Å². The van der Waals surface area contributed by atoms with Crippen LogP contribution in [0.3, 0.4) is 0 Å². The second-order valence-corrected chi connectivity index (χ2v) is 7.53. The van der Waals surface area contributed by atoms with Crippen LogP contribution in [-0.4, -0.2) is 40.2 Å². The predicted molar refractivity (Wildman–Crippen MR) is 106 cm³/mol. The summed E-state index contributed by atoms with van der Waals surface area (Å²) in [6, 6.07) is 12.0. The quantitative estimate of drug-likeness (QED) is 0.750. The molecule has 1 aliphatic heterocycles. The van der Waals surface area contributed by atoms with Gasteiger partial charge in [-0.3, -0.25) is 4.79 Å². The number of anilines is 1. The normalized spacial score (nSPS) is 14.5. The molecule has 1 N–H and O–H groups in total. The average Bonchev–Trinajstić information content (AvgIpc) is 2.69. The molecule has 1 aliphatic rings. The third-order valence-electron chi connectivity index (χ3n) is 4.69. The summed E-state index contributed by atoms with van der Waals surface area (Å²) in [4.78, 5) is 26.1. The Hall–Kier alpha value is -2.80. The van der Waals surface area contributed by atoms with Gasteiger partial charge < -0.3 is 14.6 Å². The Morgan fingerprint density at radius 1 is 1.11 bits per heavy atom. The molecule has 138 valence electrons. The molecule has 0 aliphatic carbocycles. The van der Waals surface area contributed by atoms with Crippen LogP contribution in [0.4, 0.5) is 10.1 Å². The molecule has 1 fully saturated rings. The molecule has 0 amide bonds. The Morgan fingerprint density at radius 2 is 1.81 bits per heavy atom. The van der Waals surface area contributed by atoms with Gasteiger partial charge in [-0.1, -0.05) is 18.2 Å². The fraction of sp³-hybridized carbons (Fsp3) is 0.200. The van der Waals surface area contributed by atoms with Crippen molar-refractivity contribution in [3.8, 4) is 5.69 Å². The van der Waals surface area contributed by atoms with Gasteiger partial charge in [-0.05, 0) is 24.3 Å². The first-order chi connectivity index (χ1) is 13.1. The standard InChI is InChI=1S/C20H17FN2O3S/c21-16-10-14-17(11-18(16)22-6-8-27-9-7-22)23(13-4-2-1-3-5-13)12-15(19(14)24)20(25)26/h1-5,10-12H,6-9H2,(H,25,26). The van der Waals surface area contributed by atoms with Gasteiger partial charge in [0, 0.05) is 41.9 Å². The Balaban J connectivity index is 2.02. The lowest BCUT2D eigenvalue weighted by molar-refractivity contribution is 0.0695. The number of carbonyl (C=O) groups is 1. The lowest BCUT2D eigenvalue weighted by Gasteiger charge is -2.29. The van der Waals surface area contributed by atoms with E-state index in [-0.39, 0.29) is 10.9 Å². The van der Waals surface area contributed by atoms with Crippen LogP contribution in [0, 0.1) is 5.82 Å². The minimum atomic E-state index is -1.33. The third-order valence-corrected chi connectivity index (χ3v) is 5.63. The van der Waals surface area contributed by atoms with Crippen LogP contribution in [0.5, 0.6) is 0 Å². The smallest absolute Gasteiger partial charge is 0.341 e. The Bertz CT molecular complexity index is 1080. The van der Waals surface area contributed by atoms with E-state index in [0.29, 0.717) is 16.9 Å². The number of hydrogen-bond acceptors (Lipinski definition) is 4. The van der Waals surface area contributed by atoms with Crippen molar-refractivity contribution in [2.45, 2.75) is 0 Å². The lowest BCUT2D eigenvalue weighted by Crippen LogP contribution is -2.33. The number of aromatic nitrogens is 1. The van der Waals surface area contributed by atoms with E-state index in [1.54, 1.807) is 10.6 Å². The highest BCUT2D eigenvalue weighted by molar-refractivity contribution is 7.99. The molecular formula is C20H17FN2O3S. The van der Waals surface area contributed by atoms with E-state index in [1.165, 1.54) is 12.3 Å². The highest BCUT2D eigenvalue weighted by Gasteiger charge is 2.21. The molecule has 2 aromatic carbocycles. The molecule has 4 rings (SSSR count). The number of hydrogen-bond donors (Lipinski definition) is 1. The third kappa shape index (κ3) is 3.19. The average molecular weight is 384 g/mol. The summed E-state index contributed by atoms with van der Waals surface area (Å²) in [5.41, 5.74) is 0.578. The summed E-state index contributed by atoms with van der Waals surface area (Å²) < 4.78 is 16.4. The van der Waals surface area contributed by atoms with Crippen LogP contribution in [0.1, 0.15) is 10.4 Å². The number of fused-ring (bicyclic) bond motifs is 1. The van der Waals surface area contributed by atoms with Crippen LogP contribution in [0.25, 0.3) is 16.6 Å². The van der Waals surface area contributed by atoms with Crippen molar-refractivity contribution in [2.24, 2.45) is 0 Å². The maximum Gasteiger partial charge on any atom is 0.341 e. The zero-order valence-corrected chi connectivity index (χ0v) is 15.2. The van der Waals surface area contributed by atoms with Gasteiger partial charge in [-0.25, -0.2) is 9.18 Å². The first-order valence-corrected chi connectivity index (χ1v) is 9.72. The van der Waals surface area contributed by atoms with Crippen molar-refractivity contribution in [3.05, 3.63) is 70.3 Å². The van der Waals surface area contributed by atoms with Gasteiger partial charge in [0.15, 0.2) is 0 Å². The molecule has 0 bridgehead atoms. The van der Waals surface area contributed by atoms with Crippen LogP contribution in [0.2, 0.25) is 0 Å². The van der Waals surface area contributed by atoms with Gasteiger partial charge >= 0.3 is 5.97 Å². The first-order valence-electron chi connectivity index (χ1n) is 8.56. The molecular weight excluding hydrogens is 367 g/mol. The molecule has 7 heteroatoms. The van der Waals surface area contributed by atoms with E-state index in [2.05, 4.69) is 0 Å². The summed E-state index contributed by atoms with van der Waals surface area (Å²) in [6.45, 7) is 1.46. The molecule has 1 saturated heterocycles. The molecule has 5 nitrogen and oxygen atoms in total. The van der Waals surface area contributed by atoms with Gasteiger partial charge in [0.05, 0.1) is 11.2 Å². The maximum atomic E-state index is 14.8.